The first-order valence-electron chi connectivity index (χ1n) is 5.60. The normalized spacial score (nSPS) is 23.9. The second kappa shape index (κ2) is 5.50. The highest BCUT2D eigenvalue weighted by molar-refractivity contribution is 7.89. The van der Waals surface area contributed by atoms with Crippen molar-refractivity contribution in [2.24, 2.45) is 0 Å². The molecule has 1 aliphatic heterocycles. The molecule has 0 aromatic heterocycles. The highest BCUT2D eigenvalue weighted by Gasteiger charge is 2.43. The van der Waals surface area contributed by atoms with Gasteiger partial charge < -0.3 is 10.2 Å². The molecule has 0 saturated carbocycles. The van der Waals surface area contributed by atoms with Gasteiger partial charge in [-0.15, -0.1) is 0 Å². The number of benzene rings is 1. The van der Waals surface area contributed by atoms with Crippen LogP contribution in [0.15, 0.2) is 23.1 Å². The van der Waals surface area contributed by atoms with E-state index in [0.29, 0.717) is 0 Å². The average Bonchev–Trinajstić information content (AvgIpc) is 2.71. The van der Waals surface area contributed by atoms with E-state index < -0.39 is 28.1 Å². The van der Waals surface area contributed by atoms with Crippen molar-refractivity contribution in [2.75, 3.05) is 6.54 Å². The van der Waals surface area contributed by atoms with Crippen LogP contribution < -0.4 is 0 Å². The highest BCUT2D eigenvalue weighted by Crippen LogP contribution is 2.29. The van der Waals surface area contributed by atoms with E-state index in [9.17, 15) is 18.3 Å². The van der Waals surface area contributed by atoms with Crippen LogP contribution in [0.2, 0.25) is 10.0 Å². The van der Waals surface area contributed by atoms with E-state index in [0.717, 1.165) is 4.31 Å². The fourth-order valence-corrected chi connectivity index (χ4v) is 4.44. The van der Waals surface area contributed by atoms with Gasteiger partial charge in [-0.05, 0) is 18.2 Å². The summed E-state index contributed by atoms with van der Waals surface area (Å²) in [4.78, 5) is 10.9. The van der Waals surface area contributed by atoms with Crippen molar-refractivity contribution >= 4 is 39.2 Å². The van der Waals surface area contributed by atoms with E-state index in [1.165, 1.54) is 18.2 Å². The van der Waals surface area contributed by atoms with Crippen molar-refractivity contribution in [3.8, 4) is 0 Å². The van der Waals surface area contributed by atoms with Gasteiger partial charge in [-0.25, -0.2) is 8.42 Å². The lowest BCUT2D eigenvalue weighted by atomic mass is 10.2. The monoisotopic (exact) mass is 339 g/mol. The van der Waals surface area contributed by atoms with Gasteiger partial charge in [0.15, 0.2) is 0 Å². The van der Waals surface area contributed by atoms with Crippen molar-refractivity contribution < 1.29 is 23.4 Å². The summed E-state index contributed by atoms with van der Waals surface area (Å²) in [6, 6.07) is 2.45. The lowest BCUT2D eigenvalue weighted by Crippen LogP contribution is -2.40. The first-order chi connectivity index (χ1) is 9.21. The van der Waals surface area contributed by atoms with Crippen LogP contribution in [0.5, 0.6) is 0 Å². The standard InChI is InChI=1S/C11H11Cl2NO5S/c12-6-1-7(13)3-9(2-6)20(18,19)14-5-8(15)4-10(14)11(16)17/h1-3,8,10,15H,4-5H2,(H,16,17)/t8-,10-/m0/s1. The maximum atomic E-state index is 12.4. The number of carboxylic acid groups (broad SMARTS) is 1. The molecule has 0 unspecified atom stereocenters. The maximum Gasteiger partial charge on any atom is 0.322 e. The van der Waals surface area contributed by atoms with Crippen LogP contribution in [-0.4, -0.2) is 47.6 Å². The van der Waals surface area contributed by atoms with Crippen LogP contribution in [-0.2, 0) is 14.8 Å². The Labute approximate surface area is 125 Å². The fourth-order valence-electron chi connectivity index (χ4n) is 2.09. The second-order valence-corrected chi connectivity index (χ2v) is 7.19. The summed E-state index contributed by atoms with van der Waals surface area (Å²) < 4.78 is 25.6. The molecule has 1 heterocycles. The second-order valence-electron chi connectivity index (χ2n) is 4.42. The first-order valence-corrected chi connectivity index (χ1v) is 7.80. The van der Waals surface area contributed by atoms with Gasteiger partial charge in [0, 0.05) is 23.0 Å². The lowest BCUT2D eigenvalue weighted by molar-refractivity contribution is -0.140. The number of carboxylic acids is 1. The summed E-state index contributed by atoms with van der Waals surface area (Å²) in [6.45, 7) is -0.274. The summed E-state index contributed by atoms with van der Waals surface area (Å²) in [6.07, 6.45) is -1.16. The molecule has 0 radical (unpaired) electrons. The van der Waals surface area contributed by atoms with Gasteiger partial charge in [0.2, 0.25) is 10.0 Å². The minimum Gasteiger partial charge on any atom is -0.480 e. The van der Waals surface area contributed by atoms with Crippen LogP contribution in [0.3, 0.4) is 0 Å². The molecule has 2 rings (SSSR count). The summed E-state index contributed by atoms with van der Waals surface area (Å²) in [5, 5.41) is 18.8. The molecule has 20 heavy (non-hydrogen) atoms. The van der Waals surface area contributed by atoms with E-state index in [2.05, 4.69) is 0 Å². The highest BCUT2D eigenvalue weighted by atomic mass is 35.5. The van der Waals surface area contributed by atoms with Gasteiger partial charge in [0.05, 0.1) is 11.0 Å². The van der Waals surface area contributed by atoms with Gasteiger partial charge in [0.25, 0.3) is 0 Å². The molecule has 6 nitrogen and oxygen atoms in total. The Hall–Kier alpha value is -0.860. The lowest BCUT2D eigenvalue weighted by Gasteiger charge is -2.20. The van der Waals surface area contributed by atoms with Crippen LogP contribution in [0.1, 0.15) is 6.42 Å². The number of β-amino-alcohol motifs (C(OH)–C–C–N with tert-alkyl or cyclic N) is 1. The molecule has 1 aliphatic rings. The van der Waals surface area contributed by atoms with Crippen LogP contribution in [0, 0.1) is 0 Å². The van der Waals surface area contributed by atoms with Gasteiger partial charge >= 0.3 is 5.97 Å². The zero-order valence-corrected chi connectivity index (χ0v) is 12.4. The quantitative estimate of drug-likeness (QED) is 0.862. The molecule has 2 atom stereocenters. The Balaban J connectivity index is 2.46. The number of aliphatic carboxylic acids is 1. The zero-order valence-electron chi connectivity index (χ0n) is 10.0. The van der Waals surface area contributed by atoms with Crippen molar-refractivity contribution in [1.82, 2.24) is 4.31 Å². The number of hydrogen-bond acceptors (Lipinski definition) is 4. The van der Waals surface area contributed by atoms with Gasteiger partial charge in [0.1, 0.15) is 6.04 Å². The Morgan fingerprint density at radius 2 is 1.80 bits per heavy atom. The number of aliphatic hydroxyl groups is 1. The molecule has 0 amide bonds. The minimum absolute atomic E-state index is 0.127. The van der Waals surface area contributed by atoms with Crippen LogP contribution >= 0.6 is 23.2 Å². The molecular formula is C11H11Cl2NO5S. The zero-order chi connectivity index (χ0) is 15.1. The van der Waals surface area contributed by atoms with E-state index >= 15 is 0 Å². The van der Waals surface area contributed by atoms with Gasteiger partial charge in [-0.3, -0.25) is 4.79 Å². The van der Waals surface area contributed by atoms with Gasteiger partial charge in [-0.2, -0.15) is 4.31 Å². The Morgan fingerprint density at radius 3 is 2.30 bits per heavy atom. The van der Waals surface area contributed by atoms with E-state index in [1.54, 1.807) is 0 Å². The number of nitrogens with zero attached hydrogens (tertiary/aromatic N) is 1. The number of sulfonamides is 1. The predicted molar refractivity (Wildman–Crippen MR) is 72.4 cm³/mol. The van der Waals surface area contributed by atoms with E-state index in [-0.39, 0.29) is 27.9 Å². The maximum absolute atomic E-state index is 12.4. The molecule has 1 saturated heterocycles. The minimum atomic E-state index is -4.09. The van der Waals surface area contributed by atoms with Crippen molar-refractivity contribution in [1.29, 1.82) is 0 Å². The van der Waals surface area contributed by atoms with E-state index in [1.807, 2.05) is 0 Å². The van der Waals surface area contributed by atoms with Crippen molar-refractivity contribution in [3.63, 3.8) is 0 Å². The number of rotatable bonds is 3. The third-order valence-corrected chi connectivity index (χ3v) is 5.25. The fraction of sp³-hybridized carbons (Fsp3) is 0.364. The van der Waals surface area contributed by atoms with Crippen LogP contribution in [0.25, 0.3) is 0 Å². The van der Waals surface area contributed by atoms with E-state index in [4.69, 9.17) is 28.3 Å². The molecule has 1 aromatic carbocycles. The number of aliphatic hydroxyl groups excluding tert-OH is 1. The smallest absolute Gasteiger partial charge is 0.322 e. The Morgan fingerprint density at radius 1 is 1.25 bits per heavy atom. The van der Waals surface area contributed by atoms with Crippen LogP contribution in [0.4, 0.5) is 0 Å². The molecular weight excluding hydrogens is 329 g/mol. The first kappa shape index (κ1) is 15.5. The number of hydrogen-bond donors (Lipinski definition) is 2. The third-order valence-electron chi connectivity index (χ3n) is 2.96. The summed E-state index contributed by atoms with van der Waals surface area (Å²) >= 11 is 11.5. The molecule has 1 aromatic rings. The molecule has 0 spiro atoms. The molecule has 1 fully saturated rings. The van der Waals surface area contributed by atoms with Crippen molar-refractivity contribution in [3.05, 3.63) is 28.2 Å². The van der Waals surface area contributed by atoms with Crippen molar-refractivity contribution in [2.45, 2.75) is 23.5 Å². The average molecular weight is 340 g/mol. The Kier molecular flexibility index (Phi) is 4.27. The number of carbonyl (C=O) groups is 1. The molecule has 0 bridgehead atoms. The largest absolute Gasteiger partial charge is 0.480 e. The summed E-state index contributed by atoms with van der Waals surface area (Å²) in [5.74, 6) is -1.31. The Bertz CT molecular complexity index is 628. The topological polar surface area (TPSA) is 94.9 Å². The molecule has 9 heteroatoms. The predicted octanol–water partition coefficient (Wildman–Crippen LogP) is 1.20. The third kappa shape index (κ3) is 2.91. The summed E-state index contributed by atoms with van der Waals surface area (Å²) in [5.41, 5.74) is 0. The summed E-state index contributed by atoms with van der Waals surface area (Å²) in [7, 11) is -4.09. The molecule has 2 N–H and O–H groups in total. The molecule has 110 valence electrons. The molecule has 0 aliphatic carbocycles. The SMILES string of the molecule is O=C(O)[C@@H]1C[C@H](O)CN1S(=O)(=O)c1cc(Cl)cc(Cl)c1. The van der Waals surface area contributed by atoms with Gasteiger partial charge in [-0.1, -0.05) is 23.2 Å². The number of halogens is 2.